The fraction of sp³-hybridized carbons (Fsp3) is 0.483. The minimum Gasteiger partial charge on any atom is -0.367 e. The van der Waals surface area contributed by atoms with Gasteiger partial charge in [0.25, 0.3) is 5.91 Å². The molecule has 3 aromatic heterocycles. The number of rotatable bonds is 8. The van der Waals surface area contributed by atoms with Crippen LogP contribution >= 0.6 is 11.3 Å². The molecule has 0 bridgehead atoms. The maximum atomic E-state index is 12.6. The quantitative estimate of drug-likeness (QED) is 0.264. The number of hydrazine groups is 1. The Kier molecular flexibility index (Phi) is 7.28. The predicted octanol–water partition coefficient (Wildman–Crippen LogP) is 4.07. The SMILES string of the molecule is CC(C)NC(=O)c1cc2ccc(-c3nc(NC4CCC5NNCC5C4)c4ccn(CCN(C)C)c4n3)cc2s1. The summed E-state index contributed by atoms with van der Waals surface area (Å²) in [7, 11) is 4.18. The van der Waals surface area contributed by atoms with Gasteiger partial charge in [-0.05, 0) is 76.7 Å². The van der Waals surface area contributed by atoms with Crippen molar-refractivity contribution in [1.82, 2.24) is 35.6 Å². The van der Waals surface area contributed by atoms with E-state index in [2.05, 4.69) is 75.5 Å². The molecule has 6 rings (SSSR count). The van der Waals surface area contributed by atoms with Crippen molar-refractivity contribution >= 4 is 44.2 Å². The van der Waals surface area contributed by atoms with Crippen LogP contribution < -0.4 is 21.5 Å². The summed E-state index contributed by atoms with van der Waals surface area (Å²) in [5, 5.41) is 8.93. The number of nitrogens with zero attached hydrogens (tertiary/aromatic N) is 4. The first-order valence-electron chi connectivity index (χ1n) is 14.0. The number of carbonyl (C=O) groups excluding carboxylic acids is 1. The predicted molar refractivity (Wildman–Crippen MR) is 159 cm³/mol. The van der Waals surface area contributed by atoms with Crippen LogP contribution in [0.15, 0.2) is 36.5 Å². The van der Waals surface area contributed by atoms with Gasteiger partial charge in [-0.25, -0.2) is 9.97 Å². The maximum Gasteiger partial charge on any atom is 0.261 e. The zero-order valence-electron chi connectivity index (χ0n) is 23.1. The summed E-state index contributed by atoms with van der Waals surface area (Å²) in [5.74, 6) is 2.22. The molecular formula is C29H38N8OS. The lowest BCUT2D eigenvalue weighted by Gasteiger charge is -2.31. The monoisotopic (exact) mass is 546 g/mol. The van der Waals surface area contributed by atoms with Crippen molar-refractivity contribution in [2.45, 2.75) is 57.8 Å². The molecule has 3 atom stereocenters. The molecule has 3 unspecified atom stereocenters. The second-order valence-corrected chi connectivity index (χ2v) is 12.6. The normalized spacial score (nSPS) is 21.2. The molecule has 1 aliphatic heterocycles. The van der Waals surface area contributed by atoms with E-state index in [-0.39, 0.29) is 11.9 Å². The van der Waals surface area contributed by atoms with E-state index < -0.39 is 0 Å². The Morgan fingerprint density at radius 3 is 2.90 bits per heavy atom. The van der Waals surface area contributed by atoms with E-state index in [9.17, 15) is 4.79 Å². The van der Waals surface area contributed by atoms with E-state index >= 15 is 0 Å². The third-order valence-corrected chi connectivity index (χ3v) is 8.90. The van der Waals surface area contributed by atoms with Gasteiger partial charge in [-0.15, -0.1) is 11.3 Å². The molecule has 4 N–H and O–H groups in total. The number of benzene rings is 1. The van der Waals surface area contributed by atoms with Gasteiger partial charge in [0.05, 0.1) is 10.3 Å². The Balaban J connectivity index is 1.36. The minimum atomic E-state index is -0.0296. The summed E-state index contributed by atoms with van der Waals surface area (Å²) in [5.41, 5.74) is 8.67. The number of likely N-dealkylation sites (N-methyl/N-ethyl adjacent to an activating group) is 1. The van der Waals surface area contributed by atoms with Crippen LogP contribution in [0.1, 0.15) is 42.8 Å². The molecule has 9 nitrogen and oxygen atoms in total. The van der Waals surface area contributed by atoms with Crippen molar-refractivity contribution in [3.05, 3.63) is 41.4 Å². The van der Waals surface area contributed by atoms with Gasteiger partial charge in [-0.3, -0.25) is 15.6 Å². The van der Waals surface area contributed by atoms with Crippen LogP contribution in [0.25, 0.3) is 32.5 Å². The van der Waals surface area contributed by atoms with Crippen LogP contribution in [0.4, 0.5) is 5.82 Å². The highest BCUT2D eigenvalue weighted by Crippen LogP contribution is 2.34. The fourth-order valence-electron chi connectivity index (χ4n) is 5.73. The average molecular weight is 547 g/mol. The molecule has 2 fully saturated rings. The van der Waals surface area contributed by atoms with Crippen molar-refractivity contribution in [2.24, 2.45) is 5.92 Å². The molecule has 4 aromatic rings. The van der Waals surface area contributed by atoms with Crippen LogP contribution in [-0.4, -0.2) is 70.7 Å². The first-order chi connectivity index (χ1) is 18.8. The minimum absolute atomic E-state index is 0.0296. The summed E-state index contributed by atoms with van der Waals surface area (Å²) in [6.45, 7) is 6.76. The highest BCUT2D eigenvalue weighted by atomic mass is 32.1. The first-order valence-corrected chi connectivity index (χ1v) is 14.8. The molecule has 1 aromatic carbocycles. The number of amides is 1. The summed E-state index contributed by atoms with van der Waals surface area (Å²) in [6, 6.07) is 11.4. The van der Waals surface area contributed by atoms with Crippen molar-refractivity contribution in [1.29, 1.82) is 0 Å². The number of nitrogens with one attached hydrogen (secondary N) is 4. The third-order valence-electron chi connectivity index (χ3n) is 7.80. The van der Waals surface area contributed by atoms with E-state index in [0.29, 0.717) is 23.8 Å². The van der Waals surface area contributed by atoms with Crippen LogP contribution in [0, 0.1) is 5.92 Å². The topological polar surface area (TPSA) is 99.1 Å². The Morgan fingerprint density at radius 1 is 1.21 bits per heavy atom. The molecule has 1 saturated carbocycles. The van der Waals surface area contributed by atoms with E-state index in [1.807, 2.05) is 19.9 Å². The van der Waals surface area contributed by atoms with Crippen LogP contribution in [0.2, 0.25) is 0 Å². The Labute approximate surface area is 233 Å². The molecule has 39 heavy (non-hydrogen) atoms. The Bertz CT molecular complexity index is 1490. The summed E-state index contributed by atoms with van der Waals surface area (Å²) < 4.78 is 3.29. The standard InChI is InChI=1S/C29H38N8OS/c1-17(2)31-29(38)25-14-18-5-6-19(15-24(18)39-25)26-33-27(32-21-7-8-23-20(13-21)16-30-35-23)22-9-10-37(28(22)34-26)12-11-36(3)4/h5-6,9-10,14-15,17,20-21,23,30,35H,7-8,11-13,16H2,1-4H3,(H,31,38)(H,32,33,34). The van der Waals surface area contributed by atoms with E-state index in [4.69, 9.17) is 9.97 Å². The van der Waals surface area contributed by atoms with Crippen molar-refractivity contribution < 1.29 is 4.79 Å². The van der Waals surface area contributed by atoms with Crippen LogP contribution in [0.5, 0.6) is 0 Å². The van der Waals surface area contributed by atoms with E-state index in [1.165, 1.54) is 11.3 Å². The lowest BCUT2D eigenvalue weighted by Crippen LogP contribution is -2.39. The molecule has 1 amide bonds. The average Bonchev–Trinajstić information content (AvgIpc) is 3.64. The summed E-state index contributed by atoms with van der Waals surface area (Å²) in [4.78, 5) is 25.7. The highest BCUT2D eigenvalue weighted by molar-refractivity contribution is 7.20. The molecule has 0 spiro atoms. The number of fused-ring (bicyclic) bond motifs is 3. The largest absolute Gasteiger partial charge is 0.367 e. The van der Waals surface area contributed by atoms with Gasteiger partial charge in [0.2, 0.25) is 0 Å². The van der Waals surface area contributed by atoms with Crippen molar-refractivity contribution in [3.8, 4) is 11.4 Å². The maximum absolute atomic E-state index is 12.6. The van der Waals surface area contributed by atoms with Gasteiger partial charge in [0.15, 0.2) is 5.82 Å². The Hall–Kier alpha value is -3.05. The molecular weight excluding hydrogens is 508 g/mol. The van der Waals surface area contributed by atoms with Crippen molar-refractivity contribution in [3.63, 3.8) is 0 Å². The number of anilines is 1. The Morgan fingerprint density at radius 2 is 2.08 bits per heavy atom. The van der Waals surface area contributed by atoms with Gasteiger partial charge >= 0.3 is 0 Å². The fourth-order valence-corrected chi connectivity index (χ4v) is 6.74. The lowest BCUT2D eigenvalue weighted by molar-refractivity contribution is 0.0947. The molecule has 206 valence electrons. The number of hydrogen-bond acceptors (Lipinski definition) is 8. The second kappa shape index (κ2) is 10.8. The zero-order valence-corrected chi connectivity index (χ0v) is 23.9. The third kappa shape index (κ3) is 5.51. The smallest absolute Gasteiger partial charge is 0.261 e. The van der Waals surface area contributed by atoms with Gasteiger partial charge < -0.3 is 20.1 Å². The number of thiophene rings is 1. The molecule has 1 saturated heterocycles. The van der Waals surface area contributed by atoms with Crippen LogP contribution in [-0.2, 0) is 6.54 Å². The number of hydrogen-bond donors (Lipinski definition) is 4. The molecule has 4 heterocycles. The van der Waals surface area contributed by atoms with Gasteiger partial charge in [0, 0.05) is 54.2 Å². The van der Waals surface area contributed by atoms with Gasteiger partial charge in [0.1, 0.15) is 11.5 Å². The van der Waals surface area contributed by atoms with Gasteiger partial charge in [-0.1, -0.05) is 12.1 Å². The molecule has 1 aliphatic carbocycles. The first kappa shape index (κ1) is 26.2. The second-order valence-electron chi connectivity index (χ2n) is 11.5. The zero-order chi connectivity index (χ0) is 27.1. The lowest BCUT2D eigenvalue weighted by atomic mass is 9.83. The van der Waals surface area contributed by atoms with Gasteiger partial charge in [-0.2, -0.15) is 0 Å². The number of aromatic nitrogens is 3. The highest BCUT2D eigenvalue weighted by Gasteiger charge is 2.34. The van der Waals surface area contributed by atoms with E-state index in [1.54, 1.807) is 0 Å². The summed E-state index contributed by atoms with van der Waals surface area (Å²) >= 11 is 1.51. The molecule has 0 radical (unpaired) electrons. The van der Waals surface area contributed by atoms with Crippen molar-refractivity contribution in [2.75, 3.05) is 32.5 Å². The molecule has 2 aliphatic rings. The molecule has 10 heteroatoms. The van der Waals surface area contributed by atoms with Crippen LogP contribution in [0.3, 0.4) is 0 Å². The number of carbonyl (C=O) groups is 1. The summed E-state index contributed by atoms with van der Waals surface area (Å²) in [6.07, 6.45) is 5.51. The van der Waals surface area contributed by atoms with E-state index in [0.717, 1.165) is 76.3 Å².